The first kappa shape index (κ1) is 13.6. The number of halogens is 2. The van der Waals surface area contributed by atoms with Gasteiger partial charge in [-0.2, -0.15) is 0 Å². The molecule has 1 amide bonds. The lowest BCUT2D eigenvalue weighted by molar-refractivity contribution is 0.102. The predicted octanol–water partition coefficient (Wildman–Crippen LogP) is 3.25. The first-order valence-electron chi connectivity index (χ1n) is 5.55. The van der Waals surface area contributed by atoms with Crippen LogP contribution in [0.1, 0.15) is 21.7 Å². The zero-order chi connectivity index (χ0) is 14.0. The van der Waals surface area contributed by atoms with Crippen molar-refractivity contribution in [3.8, 4) is 0 Å². The molecule has 2 rings (SSSR count). The molecule has 98 valence electrons. The molecule has 0 fully saturated rings. The van der Waals surface area contributed by atoms with Gasteiger partial charge >= 0.3 is 0 Å². The maximum Gasteiger partial charge on any atom is 0.261 e. The Bertz CT molecular complexity index is 626. The van der Waals surface area contributed by atoms with Crippen LogP contribution in [0.3, 0.4) is 0 Å². The molecule has 0 bridgehead atoms. The number of aryl methyl sites for hydroxylation is 2. The minimum Gasteiger partial charge on any atom is -0.290 e. The highest BCUT2D eigenvalue weighted by Crippen LogP contribution is 2.19. The van der Waals surface area contributed by atoms with Gasteiger partial charge in [-0.3, -0.25) is 10.1 Å². The lowest BCUT2D eigenvalue weighted by Crippen LogP contribution is -2.16. The fourth-order valence-electron chi connectivity index (χ4n) is 1.63. The van der Waals surface area contributed by atoms with Crippen molar-refractivity contribution in [3.05, 3.63) is 51.5 Å². The van der Waals surface area contributed by atoms with Gasteiger partial charge in [0.15, 0.2) is 0 Å². The van der Waals surface area contributed by atoms with E-state index in [1.165, 1.54) is 12.1 Å². The van der Waals surface area contributed by atoms with Crippen molar-refractivity contribution in [1.29, 1.82) is 0 Å². The molecule has 6 heteroatoms. The van der Waals surface area contributed by atoms with Gasteiger partial charge < -0.3 is 0 Å². The highest BCUT2D eigenvalue weighted by molar-refractivity contribution is 9.10. The van der Waals surface area contributed by atoms with Crippen molar-refractivity contribution in [3.63, 3.8) is 0 Å². The summed E-state index contributed by atoms with van der Waals surface area (Å²) in [4.78, 5) is 20.1. The highest BCUT2D eigenvalue weighted by Gasteiger charge is 2.15. The van der Waals surface area contributed by atoms with Crippen molar-refractivity contribution in [2.75, 3.05) is 5.32 Å². The van der Waals surface area contributed by atoms with Gasteiger partial charge in [-0.1, -0.05) is 6.07 Å². The number of benzene rings is 1. The summed E-state index contributed by atoms with van der Waals surface area (Å²) in [6.07, 6.45) is 0. The molecule has 2 aromatic rings. The maximum atomic E-state index is 13.8. The summed E-state index contributed by atoms with van der Waals surface area (Å²) in [6, 6.07) is 6.30. The summed E-state index contributed by atoms with van der Waals surface area (Å²) < 4.78 is 14.0. The number of carbonyl (C=O) groups is 1. The number of nitrogens with one attached hydrogen (secondary N) is 1. The Morgan fingerprint density at radius 3 is 2.53 bits per heavy atom. The van der Waals surface area contributed by atoms with Gasteiger partial charge in [0, 0.05) is 11.4 Å². The molecule has 4 nitrogen and oxygen atoms in total. The quantitative estimate of drug-likeness (QED) is 0.923. The Morgan fingerprint density at radius 2 is 1.89 bits per heavy atom. The summed E-state index contributed by atoms with van der Waals surface area (Å²) >= 11 is 3.04. The molecule has 0 saturated carbocycles. The summed E-state index contributed by atoms with van der Waals surface area (Å²) in [6.45, 7) is 3.59. The van der Waals surface area contributed by atoms with Crippen LogP contribution in [-0.4, -0.2) is 15.9 Å². The summed E-state index contributed by atoms with van der Waals surface area (Å²) in [7, 11) is 0. The fraction of sp³-hybridized carbons (Fsp3) is 0.154. The maximum absolute atomic E-state index is 13.8. The lowest BCUT2D eigenvalue weighted by atomic mass is 10.2. The molecule has 0 aliphatic carbocycles. The zero-order valence-electron chi connectivity index (χ0n) is 10.4. The topological polar surface area (TPSA) is 54.9 Å². The molecule has 0 atom stereocenters. The number of carbonyl (C=O) groups excluding carboxylic acids is 1. The molecular weight excluding hydrogens is 313 g/mol. The second-order valence-corrected chi connectivity index (χ2v) is 4.88. The third-order valence-corrected chi connectivity index (χ3v) is 3.02. The Morgan fingerprint density at radius 1 is 1.26 bits per heavy atom. The van der Waals surface area contributed by atoms with E-state index in [-0.39, 0.29) is 16.0 Å². The normalized spacial score (nSPS) is 10.3. The number of aromatic nitrogens is 2. The summed E-state index contributed by atoms with van der Waals surface area (Å²) in [5.41, 5.74) is 1.41. The van der Waals surface area contributed by atoms with E-state index in [9.17, 15) is 9.18 Å². The Labute approximate surface area is 118 Å². The van der Waals surface area contributed by atoms with Crippen molar-refractivity contribution in [1.82, 2.24) is 9.97 Å². The molecule has 1 aromatic carbocycles. The summed E-state index contributed by atoms with van der Waals surface area (Å²) in [5.74, 6) is -1.02. The van der Waals surface area contributed by atoms with Crippen molar-refractivity contribution in [2.24, 2.45) is 0 Å². The molecule has 0 saturated heterocycles. The molecule has 1 N–H and O–H groups in total. The fourth-order valence-corrected chi connectivity index (χ4v) is 2.00. The van der Waals surface area contributed by atoms with Gasteiger partial charge in [0.05, 0.1) is 10.0 Å². The van der Waals surface area contributed by atoms with E-state index in [0.717, 1.165) is 11.4 Å². The van der Waals surface area contributed by atoms with Crippen LogP contribution in [0.2, 0.25) is 0 Å². The van der Waals surface area contributed by atoms with Crippen LogP contribution < -0.4 is 5.32 Å². The van der Waals surface area contributed by atoms with E-state index in [1.54, 1.807) is 26.0 Å². The van der Waals surface area contributed by atoms with Gasteiger partial charge in [-0.05, 0) is 48.0 Å². The van der Waals surface area contributed by atoms with Gasteiger partial charge in [-0.15, -0.1) is 0 Å². The molecule has 0 unspecified atom stereocenters. The minimum absolute atomic E-state index is 0.0582. The van der Waals surface area contributed by atoms with E-state index in [1.807, 2.05) is 0 Å². The molecule has 19 heavy (non-hydrogen) atoms. The minimum atomic E-state index is -0.607. The van der Waals surface area contributed by atoms with Crippen molar-refractivity contribution < 1.29 is 9.18 Å². The largest absolute Gasteiger partial charge is 0.290 e. The second-order valence-electron chi connectivity index (χ2n) is 4.03. The smallest absolute Gasteiger partial charge is 0.261 e. The van der Waals surface area contributed by atoms with E-state index in [0.29, 0.717) is 0 Å². The van der Waals surface area contributed by atoms with Crippen LogP contribution in [-0.2, 0) is 0 Å². The molecule has 0 aliphatic heterocycles. The Kier molecular flexibility index (Phi) is 3.90. The van der Waals surface area contributed by atoms with Gasteiger partial charge in [0.1, 0.15) is 5.82 Å². The Hall–Kier alpha value is -1.82. The van der Waals surface area contributed by atoms with Crippen molar-refractivity contribution >= 4 is 27.8 Å². The van der Waals surface area contributed by atoms with E-state index in [4.69, 9.17) is 0 Å². The number of hydrogen-bond donors (Lipinski definition) is 1. The van der Waals surface area contributed by atoms with E-state index < -0.39 is 11.7 Å². The third kappa shape index (κ3) is 3.14. The first-order chi connectivity index (χ1) is 8.97. The molecule has 0 aliphatic rings. The first-order valence-corrected chi connectivity index (χ1v) is 6.34. The average molecular weight is 324 g/mol. The van der Waals surface area contributed by atoms with Crippen LogP contribution in [0.15, 0.2) is 28.7 Å². The molecule has 0 spiro atoms. The molecule has 1 heterocycles. The van der Waals surface area contributed by atoms with Gasteiger partial charge in [0.25, 0.3) is 5.91 Å². The second kappa shape index (κ2) is 5.44. The highest BCUT2D eigenvalue weighted by atomic mass is 79.9. The standard InChI is InChI=1S/C13H11BrFN3O/c1-7-6-8(2)17-13(16-7)18-12(19)9-4-3-5-10(14)11(9)15/h3-6H,1-2H3,(H,16,17,18,19). The van der Waals surface area contributed by atoms with Crippen LogP contribution >= 0.6 is 15.9 Å². The predicted molar refractivity (Wildman–Crippen MR) is 73.6 cm³/mol. The summed E-state index contributed by atoms with van der Waals surface area (Å²) in [5, 5.41) is 2.49. The number of rotatable bonds is 2. The molecular formula is C13H11BrFN3O. The van der Waals surface area contributed by atoms with Gasteiger partial charge in [-0.25, -0.2) is 14.4 Å². The Balaban J connectivity index is 2.28. The van der Waals surface area contributed by atoms with Crippen LogP contribution in [0.5, 0.6) is 0 Å². The molecule has 0 radical (unpaired) electrons. The number of nitrogens with zero attached hydrogens (tertiary/aromatic N) is 2. The average Bonchev–Trinajstić information content (AvgIpc) is 2.31. The number of hydrogen-bond acceptors (Lipinski definition) is 3. The van der Waals surface area contributed by atoms with Gasteiger partial charge in [0.2, 0.25) is 5.95 Å². The number of amides is 1. The lowest BCUT2D eigenvalue weighted by Gasteiger charge is -2.07. The van der Waals surface area contributed by atoms with Crippen LogP contribution in [0.25, 0.3) is 0 Å². The monoisotopic (exact) mass is 323 g/mol. The van der Waals surface area contributed by atoms with Crippen molar-refractivity contribution in [2.45, 2.75) is 13.8 Å². The van der Waals surface area contributed by atoms with Crippen LogP contribution in [0, 0.1) is 19.7 Å². The SMILES string of the molecule is Cc1cc(C)nc(NC(=O)c2cccc(Br)c2F)n1. The van der Waals surface area contributed by atoms with Crippen LogP contribution in [0.4, 0.5) is 10.3 Å². The van der Waals surface area contributed by atoms with E-state index >= 15 is 0 Å². The third-order valence-electron chi connectivity index (χ3n) is 2.40. The zero-order valence-corrected chi connectivity index (χ0v) is 12.0. The molecule has 1 aromatic heterocycles. The number of anilines is 1. The van der Waals surface area contributed by atoms with E-state index in [2.05, 4.69) is 31.2 Å².